The Balaban J connectivity index is 2.52. The van der Waals surface area contributed by atoms with Crippen LogP contribution in [-0.2, 0) is 0 Å². The van der Waals surface area contributed by atoms with E-state index in [0.717, 1.165) is 0 Å². The van der Waals surface area contributed by atoms with E-state index in [1.165, 1.54) is 6.07 Å². The number of hydrogen-bond acceptors (Lipinski definition) is 2. The maximum Gasteiger partial charge on any atom is 0.264 e. The second kappa shape index (κ2) is 3.53. The Morgan fingerprint density at radius 3 is 2.93 bits per heavy atom. The molecule has 0 fully saturated rings. The van der Waals surface area contributed by atoms with E-state index >= 15 is 0 Å². The van der Waals surface area contributed by atoms with E-state index in [9.17, 15) is 8.78 Å². The van der Waals surface area contributed by atoms with E-state index < -0.39 is 6.43 Å². The van der Waals surface area contributed by atoms with E-state index in [2.05, 4.69) is 0 Å². The van der Waals surface area contributed by atoms with Crippen LogP contribution in [0.4, 0.5) is 8.78 Å². The molecular formula is C10H11F2NO. The Labute approximate surface area is 80.7 Å². The fourth-order valence-electron chi connectivity index (χ4n) is 1.71. The first-order valence-corrected chi connectivity index (χ1v) is 4.49. The van der Waals surface area contributed by atoms with E-state index in [1.807, 2.05) is 0 Å². The molecule has 1 atom stereocenters. The lowest BCUT2D eigenvalue weighted by atomic mass is 9.96. The number of ether oxygens (including phenoxy) is 1. The van der Waals surface area contributed by atoms with Gasteiger partial charge in [-0.15, -0.1) is 0 Å². The molecular weight excluding hydrogens is 188 g/mol. The second-order valence-corrected chi connectivity index (χ2v) is 3.30. The lowest BCUT2D eigenvalue weighted by Crippen LogP contribution is -2.22. The molecule has 2 rings (SSSR count). The van der Waals surface area contributed by atoms with Crippen molar-refractivity contribution in [1.82, 2.24) is 0 Å². The van der Waals surface area contributed by atoms with Gasteiger partial charge in [-0.3, -0.25) is 0 Å². The highest BCUT2D eigenvalue weighted by Gasteiger charge is 2.24. The van der Waals surface area contributed by atoms with Crippen LogP contribution in [0, 0.1) is 0 Å². The van der Waals surface area contributed by atoms with Crippen molar-refractivity contribution in [3.05, 3.63) is 29.3 Å². The fraction of sp³-hybridized carbons (Fsp3) is 0.400. The maximum absolute atomic E-state index is 12.6. The molecule has 4 heteroatoms. The summed E-state index contributed by atoms with van der Waals surface area (Å²) in [4.78, 5) is 0. The quantitative estimate of drug-likeness (QED) is 0.753. The molecule has 0 aliphatic carbocycles. The van der Waals surface area contributed by atoms with Gasteiger partial charge in [0.1, 0.15) is 5.75 Å². The second-order valence-electron chi connectivity index (χ2n) is 3.30. The van der Waals surface area contributed by atoms with Crippen molar-refractivity contribution >= 4 is 0 Å². The Kier molecular flexibility index (Phi) is 2.37. The van der Waals surface area contributed by atoms with Crippen LogP contribution >= 0.6 is 0 Å². The van der Waals surface area contributed by atoms with Crippen LogP contribution < -0.4 is 10.5 Å². The summed E-state index contributed by atoms with van der Waals surface area (Å²) >= 11 is 0. The molecule has 14 heavy (non-hydrogen) atoms. The van der Waals surface area contributed by atoms with E-state index in [4.69, 9.17) is 10.5 Å². The zero-order valence-electron chi connectivity index (χ0n) is 7.54. The third-order valence-corrected chi connectivity index (χ3v) is 2.39. The first-order chi connectivity index (χ1) is 6.70. The minimum atomic E-state index is -2.49. The SMILES string of the molecule is N[C@@H]1CCOc2cccc(C(F)F)c21. The lowest BCUT2D eigenvalue weighted by Gasteiger charge is -2.25. The van der Waals surface area contributed by atoms with Crippen LogP contribution in [0.1, 0.15) is 30.0 Å². The first kappa shape index (κ1) is 9.40. The molecule has 0 unspecified atom stereocenters. The third-order valence-electron chi connectivity index (χ3n) is 2.39. The van der Waals surface area contributed by atoms with Crippen molar-refractivity contribution in [3.8, 4) is 5.75 Å². The van der Waals surface area contributed by atoms with Gasteiger partial charge in [-0.2, -0.15) is 0 Å². The number of alkyl halides is 2. The molecule has 1 aliphatic rings. The molecule has 0 saturated carbocycles. The summed E-state index contributed by atoms with van der Waals surface area (Å²) < 4.78 is 30.5. The molecule has 1 aromatic rings. The predicted molar refractivity (Wildman–Crippen MR) is 48.4 cm³/mol. The molecule has 1 aromatic carbocycles. The standard InChI is InChI=1S/C10H11F2NO/c11-10(12)6-2-1-3-8-9(6)7(13)4-5-14-8/h1-3,7,10H,4-5,13H2/t7-/m1/s1. The summed E-state index contributed by atoms with van der Waals surface area (Å²) in [6.45, 7) is 0.501. The zero-order valence-corrected chi connectivity index (χ0v) is 7.54. The average Bonchev–Trinajstić information content (AvgIpc) is 2.17. The Bertz CT molecular complexity index is 341. The van der Waals surface area contributed by atoms with Gasteiger partial charge >= 0.3 is 0 Å². The molecule has 0 saturated heterocycles. The number of rotatable bonds is 1. The number of halogens is 2. The number of fused-ring (bicyclic) bond motifs is 1. The highest BCUT2D eigenvalue weighted by Crippen LogP contribution is 2.37. The molecule has 1 aliphatic heterocycles. The summed E-state index contributed by atoms with van der Waals surface area (Å²) in [6.07, 6.45) is -1.89. The van der Waals surface area contributed by atoms with Crippen LogP contribution in [0.5, 0.6) is 5.75 Å². The number of hydrogen-bond donors (Lipinski definition) is 1. The molecule has 2 nitrogen and oxygen atoms in total. The summed E-state index contributed by atoms with van der Waals surface area (Å²) in [5, 5.41) is 0. The van der Waals surface area contributed by atoms with Crippen LogP contribution in [0.2, 0.25) is 0 Å². The van der Waals surface area contributed by atoms with Crippen LogP contribution in [0.15, 0.2) is 18.2 Å². The lowest BCUT2D eigenvalue weighted by molar-refractivity contribution is 0.147. The number of nitrogens with two attached hydrogens (primary N) is 1. The largest absolute Gasteiger partial charge is 0.493 e. The fourth-order valence-corrected chi connectivity index (χ4v) is 1.71. The molecule has 0 amide bonds. The Morgan fingerprint density at radius 1 is 1.43 bits per heavy atom. The van der Waals surface area contributed by atoms with Crippen molar-refractivity contribution in [1.29, 1.82) is 0 Å². The van der Waals surface area contributed by atoms with Gasteiger partial charge in [-0.05, 0) is 6.07 Å². The van der Waals surface area contributed by atoms with Gasteiger partial charge in [0.2, 0.25) is 0 Å². The maximum atomic E-state index is 12.6. The third kappa shape index (κ3) is 1.46. The van der Waals surface area contributed by atoms with Gasteiger partial charge in [-0.1, -0.05) is 12.1 Å². The van der Waals surface area contributed by atoms with E-state index in [0.29, 0.717) is 24.3 Å². The average molecular weight is 199 g/mol. The van der Waals surface area contributed by atoms with E-state index in [1.54, 1.807) is 12.1 Å². The molecule has 76 valence electrons. The highest BCUT2D eigenvalue weighted by atomic mass is 19.3. The van der Waals surface area contributed by atoms with E-state index in [-0.39, 0.29) is 11.6 Å². The predicted octanol–water partition coefficient (Wildman–Crippen LogP) is 2.41. The van der Waals surface area contributed by atoms with Crippen molar-refractivity contribution in [2.45, 2.75) is 18.9 Å². The van der Waals surface area contributed by atoms with Crippen LogP contribution in [0.25, 0.3) is 0 Å². The first-order valence-electron chi connectivity index (χ1n) is 4.49. The molecule has 1 heterocycles. The Hall–Kier alpha value is -1.16. The van der Waals surface area contributed by atoms with Gasteiger partial charge in [0.05, 0.1) is 6.61 Å². The van der Waals surface area contributed by atoms with Gasteiger partial charge in [0.25, 0.3) is 6.43 Å². The summed E-state index contributed by atoms with van der Waals surface area (Å²) in [7, 11) is 0. The van der Waals surface area contributed by atoms with Crippen LogP contribution in [-0.4, -0.2) is 6.61 Å². The molecule has 0 radical (unpaired) electrons. The summed E-state index contributed by atoms with van der Waals surface area (Å²) in [6, 6.07) is 4.32. The summed E-state index contributed by atoms with van der Waals surface area (Å²) in [5.41, 5.74) is 6.23. The van der Waals surface area contributed by atoms with Crippen molar-refractivity contribution < 1.29 is 13.5 Å². The minimum Gasteiger partial charge on any atom is -0.493 e. The molecule has 0 bridgehead atoms. The van der Waals surface area contributed by atoms with Crippen molar-refractivity contribution in [3.63, 3.8) is 0 Å². The molecule has 0 spiro atoms. The minimum absolute atomic E-state index is 0.00491. The van der Waals surface area contributed by atoms with Gasteiger partial charge < -0.3 is 10.5 Å². The molecule has 2 N–H and O–H groups in total. The monoisotopic (exact) mass is 199 g/mol. The number of benzene rings is 1. The van der Waals surface area contributed by atoms with Crippen molar-refractivity contribution in [2.75, 3.05) is 6.61 Å². The Morgan fingerprint density at radius 2 is 2.21 bits per heavy atom. The van der Waals surface area contributed by atoms with Gasteiger partial charge in [-0.25, -0.2) is 8.78 Å². The highest BCUT2D eigenvalue weighted by molar-refractivity contribution is 5.44. The normalized spacial score (nSPS) is 20.4. The smallest absolute Gasteiger partial charge is 0.264 e. The topological polar surface area (TPSA) is 35.2 Å². The van der Waals surface area contributed by atoms with Gasteiger partial charge in [0, 0.05) is 23.6 Å². The van der Waals surface area contributed by atoms with Crippen LogP contribution in [0.3, 0.4) is 0 Å². The van der Waals surface area contributed by atoms with Crippen molar-refractivity contribution in [2.24, 2.45) is 5.73 Å². The zero-order chi connectivity index (χ0) is 10.1. The van der Waals surface area contributed by atoms with Gasteiger partial charge in [0.15, 0.2) is 0 Å². The molecule has 0 aromatic heterocycles. The summed E-state index contributed by atoms with van der Waals surface area (Å²) in [5.74, 6) is 0.501.